The van der Waals surface area contributed by atoms with Crippen LogP contribution in [-0.4, -0.2) is 27.0 Å². The normalized spacial score (nSPS) is 13.8. The molecule has 104 valence electrons. The highest BCUT2D eigenvalue weighted by atomic mass is 28.4. The predicted molar refractivity (Wildman–Crippen MR) is 78.0 cm³/mol. The molecule has 0 N–H and O–H groups in total. The molecular formula is C14H26O3Si. The number of carbonyl (C=O) groups excluding carboxylic acids is 1. The minimum Gasteiger partial charge on any atom is -0.456 e. The van der Waals surface area contributed by atoms with E-state index in [0.717, 1.165) is 0 Å². The maximum absolute atomic E-state index is 11.2. The zero-order chi connectivity index (χ0) is 14.4. The zero-order valence-corrected chi connectivity index (χ0v) is 13.3. The molecule has 1 atom stereocenters. The van der Waals surface area contributed by atoms with Gasteiger partial charge in [-0.15, -0.1) is 6.58 Å². The second-order valence-electron chi connectivity index (χ2n) is 5.86. The summed E-state index contributed by atoms with van der Waals surface area (Å²) in [6.07, 6.45) is 3.22. The van der Waals surface area contributed by atoms with Crippen molar-refractivity contribution in [3.8, 4) is 0 Å². The second kappa shape index (κ2) is 6.90. The minimum atomic E-state index is -1.81. The molecule has 0 saturated heterocycles. The summed E-state index contributed by atoms with van der Waals surface area (Å²) >= 11 is 0. The van der Waals surface area contributed by atoms with Crippen LogP contribution in [0, 0.1) is 0 Å². The lowest BCUT2D eigenvalue weighted by molar-refractivity contribution is -0.144. The van der Waals surface area contributed by atoms with E-state index in [4.69, 9.17) is 9.16 Å². The van der Waals surface area contributed by atoms with Crippen molar-refractivity contribution in [3.05, 3.63) is 25.3 Å². The Kier molecular flexibility index (Phi) is 6.56. The van der Waals surface area contributed by atoms with Gasteiger partial charge in [0.2, 0.25) is 0 Å². The molecule has 4 heteroatoms. The van der Waals surface area contributed by atoms with E-state index < -0.39 is 14.3 Å². The monoisotopic (exact) mass is 270 g/mol. The summed E-state index contributed by atoms with van der Waals surface area (Å²) in [6, 6.07) is 0. The fourth-order valence-electron chi connectivity index (χ4n) is 1.07. The molecule has 0 bridgehead atoms. The third-order valence-electron chi connectivity index (χ3n) is 3.32. The van der Waals surface area contributed by atoms with E-state index in [2.05, 4.69) is 47.0 Å². The average molecular weight is 270 g/mol. The molecule has 0 aliphatic heterocycles. The molecule has 0 spiro atoms. The van der Waals surface area contributed by atoms with Gasteiger partial charge in [0, 0.05) is 12.5 Å². The van der Waals surface area contributed by atoms with Crippen LogP contribution in [0.1, 0.15) is 27.2 Å². The molecular weight excluding hydrogens is 244 g/mol. The van der Waals surface area contributed by atoms with Crippen molar-refractivity contribution in [2.45, 2.75) is 51.4 Å². The van der Waals surface area contributed by atoms with Crippen molar-refractivity contribution in [1.29, 1.82) is 0 Å². The third kappa shape index (κ3) is 5.64. The number of hydrogen-bond donors (Lipinski definition) is 0. The molecule has 0 rings (SSSR count). The van der Waals surface area contributed by atoms with Gasteiger partial charge >= 0.3 is 5.97 Å². The molecule has 18 heavy (non-hydrogen) atoms. The Morgan fingerprint density at radius 2 is 1.89 bits per heavy atom. The minimum absolute atomic E-state index is 0.147. The molecule has 0 radical (unpaired) electrons. The number of rotatable bonds is 7. The molecule has 0 aromatic carbocycles. The lowest BCUT2D eigenvalue weighted by Gasteiger charge is -2.37. The first kappa shape index (κ1) is 17.1. The van der Waals surface area contributed by atoms with Gasteiger partial charge in [-0.25, -0.2) is 4.79 Å². The first-order valence-electron chi connectivity index (χ1n) is 6.22. The summed E-state index contributed by atoms with van der Waals surface area (Å²) in [6.45, 7) is 18.4. The first-order chi connectivity index (χ1) is 8.14. The number of hydrogen-bond acceptors (Lipinski definition) is 3. The van der Waals surface area contributed by atoms with Crippen LogP contribution in [0.3, 0.4) is 0 Å². The van der Waals surface area contributed by atoms with Crippen LogP contribution in [0.4, 0.5) is 0 Å². The number of ether oxygens (including phenoxy) is 1. The van der Waals surface area contributed by atoms with Gasteiger partial charge in [-0.2, -0.15) is 0 Å². The van der Waals surface area contributed by atoms with Crippen molar-refractivity contribution in [1.82, 2.24) is 0 Å². The van der Waals surface area contributed by atoms with Gasteiger partial charge in [-0.05, 0) is 18.1 Å². The molecule has 0 fully saturated rings. The smallest absolute Gasteiger partial charge is 0.330 e. The fourth-order valence-corrected chi connectivity index (χ4v) is 2.10. The highest BCUT2D eigenvalue weighted by molar-refractivity contribution is 6.74. The Labute approximate surface area is 112 Å². The molecule has 0 aliphatic rings. The average Bonchev–Trinajstić information content (AvgIpc) is 2.24. The SMILES string of the molecule is C=CC[C@H](CO[Si](C)(C)C(C)(C)C)OC(=O)C=C. The molecule has 0 aromatic heterocycles. The van der Waals surface area contributed by atoms with E-state index in [1.807, 2.05) is 0 Å². The van der Waals surface area contributed by atoms with Crippen molar-refractivity contribution >= 4 is 14.3 Å². The molecule has 0 saturated carbocycles. The van der Waals surface area contributed by atoms with Crippen molar-refractivity contribution < 1.29 is 14.0 Å². The quantitative estimate of drug-likeness (QED) is 0.306. The van der Waals surface area contributed by atoms with Gasteiger partial charge in [0.15, 0.2) is 8.32 Å². The van der Waals surface area contributed by atoms with E-state index in [9.17, 15) is 4.79 Å². The first-order valence-corrected chi connectivity index (χ1v) is 9.12. The van der Waals surface area contributed by atoms with Crippen LogP contribution >= 0.6 is 0 Å². The van der Waals surface area contributed by atoms with Crippen LogP contribution in [0.25, 0.3) is 0 Å². The van der Waals surface area contributed by atoms with Crippen LogP contribution in [0.5, 0.6) is 0 Å². The summed E-state index contributed by atoms with van der Waals surface area (Å²) in [7, 11) is -1.81. The third-order valence-corrected chi connectivity index (χ3v) is 7.82. The Morgan fingerprint density at radius 1 is 1.33 bits per heavy atom. The Morgan fingerprint density at radius 3 is 2.28 bits per heavy atom. The number of esters is 1. The largest absolute Gasteiger partial charge is 0.456 e. The van der Waals surface area contributed by atoms with Crippen LogP contribution in [0.2, 0.25) is 18.1 Å². The summed E-state index contributed by atoms with van der Waals surface area (Å²) < 4.78 is 11.3. The summed E-state index contributed by atoms with van der Waals surface area (Å²) in [5.41, 5.74) is 0. The van der Waals surface area contributed by atoms with E-state index in [0.29, 0.717) is 13.0 Å². The molecule has 0 unspecified atom stereocenters. The van der Waals surface area contributed by atoms with Gasteiger partial charge in [0.05, 0.1) is 6.61 Å². The maximum atomic E-state index is 11.2. The van der Waals surface area contributed by atoms with Gasteiger partial charge in [0.25, 0.3) is 0 Å². The van der Waals surface area contributed by atoms with Gasteiger partial charge in [-0.3, -0.25) is 0 Å². The van der Waals surface area contributed by atoms with Gasteiger partial charge in [0.1, 0.15) is 6.10 Å². The van der Waals surface area contributed by atoms with Crippen LogP contribution in [-0.2, 0) is 14.0 Å². The van der Waals surface area contributed by atoms with E-state index in [1.54, 1.807) is 6.08 Å². The highest BCUT2D eigenvalue weighted by Crippen LogP contribution is 2.36. The Bertz CT molecular complexity index is 303. The second-order valence-corrected chi connectivity index (χ2v) is 10.7. The zero-order valence-electron chi connectivity index (χ0n) is 12.3. The van der Waals surface area contributed by atoms with Crippen molar-refractivity contribution in [3.63, 3.8) is 0 Å². The van der Waals surface area contributed by atoms with E-state index in [-0.39, 0.29) is 11.1 Å². The van der Waals surface area contributed by atoms with Crippen LogP contribution in [0.15, 0.2) is 25.3 Å². The van der Waals surface area contributed by atoms with Crippen LogP contribution < -0.4 is 0 Å². The Hall–Kier alpha value is -0.873. The summed E-state index contributed by atoms with van der Waals surface area (Å²) in [5.74, 6) is -0.416. The molecule has 0 heterocycles. The highest BCUT2D eigenvalue weighted by Gasteiger charge is 2.37. The Balaban J connectivity index is 4.47. The maximum Gasteiger partial charge on any atom is 0.330 e. The standard InChI is InChI=1S/C14H26O3Si/c1-8-10-12(17-13(15)9-2)11-16-18(6,7)14(3,4)5/h8-9,12H,1-2,10-11H2,3-7H3/t12-/m1/s1. The lowest BCUT2D eigenvalue weighted by Crippen LogP contribution is -2.43. The summed E-state index contributed by atoms with van der Waals surface area (Å²) in [4.78, 5) is 11.2. The van der Waals surface area contributed by atoms with Crippen molar-refractivity contribution in [2.24, 2.45) is 0 Å². The predicted octanol–water partition coefficient (Wildman–Crippen LogP) is 3.68. The van der Waals surface area contributed by atoms with E-state index >= 15 is 0 Å². The summed E-state index contributed by atoms with van der Waals surface area (Å²) in [5, 5.41) is 0.147. The fraction of sp³-hybridized carbons (Fsp3) is 0.643. The van der Waals surface area contributed by atoms with Crippen molar-refractivity contribution in [2.75, 3.05) is 6.61 Å². The van der Waals surface area contributed by atoms with E-state index in [1.165, 1.54) is 6.08 Å². The molecule has 3 nitrogen and oxygen atoms in total. The van der Waals surface area contributed by atoms with Gasteiger partial charge < -0.3 is 9.16 Å². The topological polar surface area (TPSA) is 35.5 Å². The number of carbonyl (C=O) groups is 1. The molecule has 0 aliphatic carbocycles. The van der Waals surface area contributed by atoms with Gasteiger partial charge in [-0.1, -0.05) is 33.4 Å². The molecule has 0 amide bonds. The molecule has 0 aromatic rings. The lowest BCUT2D eigenvalue weighted by atomic mass is 10.2.